The summed E-state index contributed by atoms with van der Waals surface area (Å²) in [5.41, 5.74) is 17.9. The molecule has 8 aromatic heterocycles. The minimum atomic E-state index is -0.361. The number of nitrogens with zero attached hydrogens (tertiary/aromatic N) is 8. The smallest absolute Gasteiger partial charge is 0.139 e. The maximum absolute atomic E-state index is 6.42. The van der Waals surface area contributed by atoms with Crippen molar-refractivity contribution in [1.29, 1.82) is 0 Å². The van der Waals surface area contributed by atoms with E-state index in [0.717, 1.165) is 132 Å². The van der Waals surface area contributed by atoms with Crippen LogP contribution in [0.4, 0.5) is 0 Å². The van der Waals surface area contributed by atoms with E-state index in [0.29, 0.717) is 25.4 Å². The monoisotopic (exact) mass is 2270 g/mol. The molecule has 2 atom stereocenters. The number of aromatic nitrogens is 8. The Balaban J connectivity index is 0.000000176. The van der Waals surface area contributed by atoms with Crippen LogP contribution in [0, 0.1) is 48.4 Å². The fraction of sp³-hybridized carbons (Fsp3) is 0.105. The van der Waals surface area contributed by atoms with E-state index in [1.807, 2.05) is 267 Å². The third-order valence-electron chi connectivity index (χ3n) is 15.6. The Bertz CT molecular complexity index is 4910. The predicted octanol–water partition coefficient (Wildman–Crippen LogP) is 21.9. The van der Waals surface area contributed by atoms with Gasteiger partial charge in [-0.3, -0.25) is 14.6 Å². The van der Waals surface area contributed by atoms with Crippen LogP contribution in [0.3, 0.4) is 0 Å². The minimum absolute atomic E-state index is 0. The van der Waals surface area contributed by atoms with Gasteiger partial charge in [-0.05, 0) is 86.1 Å². The van der Waals surface area contributed by atoms with E-state index < -0.39 is 0 Å². The van der Waals surface area contributed by atoms with Gasteiger partial charge in [0.05, 0.1) is 18.0 Å². The van der Waals surface area contributed by atoms with Gasteiger partial charge in [-0.15, -0.1) is 221 Å². The van der Waals surface area contributed by atoms with Crippen molar-refractivity contribution in [3.63, 3.8) is 0 Å². The van der Waals surface area contributed by atoms with Crippen LogP contribution >= 0.6 is 59.1 Å². The van der Waals surface area contributed by atoms with Crippen LogP contribution in [0.25, 0.3) is 88.2 Å². The summed E-state index contributed by atoms with van der Waals surface area (Å²) in [6.07, 6.45) is 4.01. The zero-order chi connectivity index (χ0) is 68.1. The first-order valence-corrected chi connectivity index (χ1v) is 35.5. The van der Waals surface area contributed by atoms with E-state index in [4.69, 9.17) is 34.6 Å². The van der Waals surface area contributed by atoms with E-state index in [9.17, 15) is 0 Å². The first kappa shape index (κ1) is 81.3. The van der Waals surface area contributed by atoms with Crippen LogP contribution in [0.2, 0.25) is 0 Å². The number of aryl methyl sites for hydroxylation is 1. The number of pyridine rings is 6. The molecule has 524 valence electrons. The molecule has 15 rings (SSSR count). The maximum atomic E-state index is 6.42. The Morgan fingerprint density at radius 1 is 0.398 bits per heavy atom. The Labute approximate surface area is 686 Å². The molecule has 4 radical (unpaired) electrons. The predicted molar refractivity (Wildman–Crippen MR) is 410 cm³/mol. The van der Waals surface area contributed by atoms with E-state index >= 15 is 0 Å². The van der Waals surface area contributed by atoms with Crippen molar-refractivity contribution < 1.29 is 85.2 Å². The summed E-state index contributed by atoms with van der Waals surface area (Å²) in [6, 6.07) is 111. The molecule has 9 nitrogen and oxygen atoms in total. The molecule has 8 heterocycles. The van der Waals surface area contributed by atoms with Crippen molar-refractivity contribution >= 4 is 69.2 Å². The number of hydrogen-bond donors (Lipinski definition) is 0. The summed E-state index contributed by atoms with van der Waals surface area (Å²) >= 11 is 12.3. The molecule has 17 heteroatoms. The largest absolute Gasteiger partial charge is 0.365 e. The van der Waals surface area contributed by atoms with Crippen LogP contribution in [-0.4, -0.2) is 46.3 Å². The van der Waals surface area contributed by atoms with Crippen LogP contribution in [0.15, 0.2) is 287 Å². The summed E-state index contributed by atoms with van der Waals surface area (Å²) in [5.74, 6) is 0.449. The molecular formula is C86H64Br3Ir4N8OS-7. The molecule has 0 aliphatic rings. The van der Waals surface area contributed by atoms with Gasteiger partial charge < -0.3 is 24.7 Å². The number of fused-ring (bicyclic) bond motifs is 1. The van der Waals surface area contributed by atoms with Crippen LogP contribution in [-0.2, 0) is 105 Å². The molecule has 0 aliphatic heterocycles. The Morgan fingerprint density at radius 3 is 1.14 bits per heavy atom. The second-order valence-electron chi connectivity index (χ2n) is 23.0. The molecule has 0 bridgehead atoms. The second kappa shape index (κ2) is 41.3. The van der Waals surface area contributed by atoms with Gasteiger partial charge >= 0.3 is 0 Å². The topological polar surface area (TPSA) is 104 Å². The normalized spacial score (nSPS) is 11.0. The van der Waals surface area contributed by atoms with Crippen molar-refractivity contribution in [1.82, 2.24) is 39.7 Å². The van der Waals surface area contributed by atoms with Gasteiger partial charge in [0.25, 0.3) is 0 Å². The number of thiophene rings is 1. The third kappa shape index (κ3) is 23.6. The summed E-state index contributed by atoms with van der Waals surface area (Å²) in [5, 5.41) is 5.54. The molecule has 0 fully saturated rings. The van der Waals surface area contributed by atoms with Gasteiger partial charge in [0.1, 0.15) is 6.10 Å². The molecule has 2 unspecified atom stereocenters. The summed E-state index contributed by atoms with van der Waals surface area (Å²) in [6.45, 7) is 5.01. The molecule has 0 amide bonds. The zero-order valence-electron chi connectivity index (χ0n) is 55.8. The number of ether oxygens (including phenoxy) is 1. The number of hydrogen-bond acceptors (Lipinski definition) is 9. The van der Waals surface area contributed by atoms with Gasteiger partial charge in [0.15, 0.2) is 0 Å². The Kier molecular flexibility index (Phi) is 32.6. The first-order valence-electron chi connectivity index (χ1n) is 32.3. The summed E-state index contributed by atoms with van der Waals surface area (Å²) < 4.78 is 12.5. The van der Waals surface area contributed by atoms with Crippen molar-refractivity contribution in [3.05, 3.63) is 363 Å². The average molecular weight is 2270 g/mol. The van der Waals surface area contributed by atoms with Crippen molar-refractivity contribution in [2.75, 3.05) is 6.61 Å². The fourth-order valence-electron chi connectivity index (χ4n) is 10.5. The fourth-order valence-corrected chi connectivity index (χ4v) is 12.5. The number of rotatable bonds is 17. The van der Waals surface area contributed by atoms with E-state index in [1.165, 1.54) is 10.1 Å². The first-order chi connectivity index (χ1) is 48.5. The molecular weight excluding hydrogens is 2200 g/mol. The number of benzene rings is 7. The molecule has 0 aliphatic carbocycles. The molecule has 0 saturated heterocycles. The van der Waals surface area contributed by atoms with Crippen molar-refractivity contribution in [2.45, 2.75) is 39.2 Å². The van der Waals surface area contributed by atoms with Gasteiger partial charge in [-0.25, -0.2) is 16.4 Å². The Hall–Kier alpha value is -7.39. The van der Waals surface area contributed by atoms with E-state index in [2.05, 4.69) is 127 Å². The van der Waals surface area contributed by atoms with Crippen molar-refractivity contribution in [2.24, 2.45) is 13.0 Å². The molecule has 15 aromatic rings. The summed E-state index contributed by atoms with van der Waals surface area (Å²) in [4.78, 5) is 30.1. The van der Waals surface area contributed by atoms with Gasteiger partial charge in [0.2, 0.25) is 0 Å². The molecule has 0 N–H and O–H groups in total. The standard InChI is InChI=1S/C28H25BrN2O.2C23H15BrN2.C12H9N2S.4Ir/c1-3-20(2)19-32-28(26-16-8-14-24(30-26)21-10-5-4-6-11-21)27-17-9-15-25(31-27)22-12-7-13-23(29)18-22;2*24-19-10-4-9-18(15-19)23-14-6-12-21(26-23)16-20-11-5-13-22(25-20)17-7-2-1-3-8-17;1-14-7-6-10(13-14)12-8-9-4-2-3-5-11(9)15-12;;;;/h4-10,13-18,20,28H,3,19H2,1-2H3;2*1-7,10-15H,16H2;2-7H,1H3;;;;/q3*-2;-1;;;;. The third-order valence-corrected chi connectivity index (χ3v) is 18.2. The summed E-state index contributed by atoms with van der Waals surface area (Å²) in [7, 11) is 1.93. The maximum Gasteiger partial charge on any atom is 0.139 e. The Morgan fingerprint density at radius 2 is 0.767 bits per heavy atom. The molecule has 0 saturated carbocycles. The SMILES string of the molecule is Brc1cc[c-]c(-c2cccc(Cc3cccc(-c4[c-]cccc4)n3)n2)c1.Brc1cc[c-]c(-c2cccc(Cc3cccc(-c4[c-]cccc4)n3)n2)c1.CCC(C)COC(c1cccc(-c2[c-]cccc2)n1)c1cccc(-c2[c-]ccc(Br)c2)n1.Cn1ccc(-c2[c-]c3ccccc3s2)n1.[Ir].[Ir].[Ir].[Ir]. The van der Waals surface area contributed by atoms with Crippen LogP contribution < -0.4 is 0 Å². The molecule has 0 spiro atoms. The van der Waals surface area contributed by atoms with Crippen LogP contribution in [0.1, 0.15) is 60.5 Å². The van der Waals surface area contributed by atoms with Gasteiger partial charge in [-0.1, -0.05) is 172 Å². The zero-order valence-corrected chi connectivity index (χ0v) is 71.0. The van der Waals surface area contributed by atoms with Gasteiger partial charge in [0, 0.05) is 135 Å². The number of halogens is 3. The van der Waals surface area contributed by atoms with Crippen LogP contribution in [0.5, 0.6) is 0 Å². The quantitative estimate of drug-likeness (QED) is 0.0831. The van der Waals surface area contributed by atoms with E-state index in [1.54, 1.807) is 11.3 Å². The van der Waals surface area contributed by atoms with Gasteiger partial charge in [-0.2, -0.15) is 0 Å². The molecule has 7 aromatic carbocycles. The molecule has 103 heavy (non-hydrogen) atoms. The average Bonchev–Trinajstić information content (AvgIpc) is 1.81. The van der Waals surface area contributed by atoms with Crippen molar-refractivity contribution in [3.8, 4) is 78.1 Å². The van der Waals surface area contributed by atoms with E-state index in [-0.39, 0.29) is 86.5 Å². The minimum Gasteiger partial charge on any atom is -0.365 e. The second-order valence-corrected chi connectivity index (χ2v) is 26.8.